The zero-order chi connectivity index (χ0) is 27.3. The molecule has 1 fully saturated rings. The Bertz CT molecular complexity index is 1410. The molecule has 0 aromatic heterocycles. The first kappa shape index (κ1) is 27.3. The van der Waals surface area contributed by atoms with Crippen LogP contribution in [0, 0.1) is 11.3 Å². The molecule has 1 heterocycles. The average molecular weight is 556 g/mol. The SMILES string of the molecule is N#C/C(C(=O)NCCc1ccccc1)=C1/S[C@@H](Cc2cc(C(F)(F)F)ccc2Cl)C(=O)N1c1ccccc1. The molecule has 5 nitrogen and oxygen atoms in total. The zero-order valence-electron chi connectivity index (χ0n) is 19.8. The van der Waals surface area contributed by atoms with Gasteiger partial charge in [-0.3, -0.25) is 14.5 Å². The van der Waals surface area contributed by atoms with Gasteiger partial charge >= 0.3 is 6.18 Å². The first-order valence-electron chi connectivity index (χ1n) is 11.6. The van der Waals surface area contributed by atoms with Gasteiger partial charge in [-0.1, -0.05) is 71.9 Å². The number of hydrogen-bond acceptors (Lipinski definition) is 4. The second kappa shape index (κ2) is 11.8. The van der Waals surface area contributed by atoms with Gasteiger partial charge in [-0.2, -0.15) is 18.4 Å². The molecule has 10 heteroatoms. The van der Waals surface area contributed by atoms with Crippen LogP contribution in [-0.2, 0) is 28.6 Å². The first-order valence-corrected chi connectivity index (χ1v) is 12.8. The van der Waals surface area contributed by atoms with Crippen molar-refractivity contribution in [1.29, 1.82) is 5.26 Å². The van der Waals surface area contributed by atoms with E-state index in [2.05, 4.69) is 5.32 Å². The molecule has 0 bridgehead atoms. The summed E-state index contributed by atoms with van der Waals surface area (Å²) in [6, 6.07) is 22.8. The van der Waals surface area contributed by atoms with Crippen molar-refractivity contribution in [2.24, 2.45) is 0 Å². The summed E-state index contributed by atoms with van der Waals surface area (Å²) < 4.78 is 39.8. The lowest BCUT2D eigenvalue weighted by Crippen LogP contribution is -2.32. The van der Waals surface area contributed by atoms with Crippen molar-refractivity contribution in [2.45, 2.75) is 24.3 Å². The van der Waals surface area contributed by atoms with Gasteiger partial charge < -0.3 is 5.32 Å². The Labute approximate surface area is 226 Å². The number of nitrogens with one attached hydrogen (secondary N) is 1. The van der Waals surface area contributed by atoms with E-state index in [-0.39, 0.29) is 34.2 Å². The number of anilines is 1. The van der Waals surface area contributed by atoms with E-state index < -0.39 is 28.8 Å². The Balaban J connectivity index is 1.63. The predicted molar refractivity (Wildman–Crippen MR) is 141 cm³/mol. The molecular weight excluding hydrogens is 535 g/mol. The van der Waals surface area contributed by atoms with Crippen molar-refractivity contribution < 1.29 is 22.8 Å². The Kier molecular flexibility index (Phi) is 8.45. The van der Waals surface area contributed by atoms with Crippen molar-refractivity contribution in [3.63, 3.8) is 0 Å². The van der Waals surface area contributed by atoms with Gasteiger partial charge in [-0.15, -0.1) is 0 Å². The van der Waals surface area contributed by atoms with Crippen LogP contribution >= 0.6 is 23.4 Å². The Hall–Kier alpha value is -3.74. The number of carbonyl (C=O) groups is 2. The van der Waals surface area contributed by atoms with Crippen molar-refractivity contribution in [1.82, 2.24) is 5.32 Å². The lowest BCUT2D eigenvalue weighted by molar-refractivity contribution is -0.137. The maximum absolute atomic E-state index is 13.5. The van der Waals surface area contributed by atoms with E-state index in [9.17, 15) is 28.0 Å². The minimum absolute atomic E-state index is 0.0919. The summed E-state index contributed by atoms with van der Waals surface area (Å²) in [5, 5.41) is 11.9. The third-order valence-corrected chi connectivity index (χ3v) is 7.47. The fraction of sp³-hybridized carbons (Fsp3) is 0.179. The van der Waals surface area contributed by atoms with Crippen LogP contribution in [0.2, 0.25) is 5.02 Å². The van der Waals surface area contributed by atoms with Gasteiger partial charge in [0, 0.05) is 17.3 Å². The Morgan fingerprint density at radius 2 is 1.71 bits per heavy atom. The minimum atomic E-state index is -4.57. The largest absolute Gasteiger partial charge is 0.416 e. The minimum Gasteiger partial charge on any atom is -0.351 e. The van der Waals surface area contributed by atoms with Crippen LogP contribution in [0.3, 0.4) is 0 Å². The average Bonchev–Trinajstić information content (AvgIpc) is 3.21. The molecule has 0 saturated carbocycles. The van der Waals surface area contributed by atoms with Crippen LogP contribution in [0.25, 0.3) is 0 Å². The molecule has 1 aliphatic rings. The van der Waals surface area contributed by atoms with E-state index in [0.717, 1.165) is 35.5 Å². The lowest BCUT2D eigenvalue weighted by Gasteiger charge is -2.18. The van der Waals surface area contributed by atoms with Gasteiger partial charge in [0.05, 0.1) is 10.8 Å². The van der Waals surface area contributed by atoms with E-state index in [4.69, 9.17) is 11.6 Å². The summed E-state index contributed by atoms with van der Waals surface area (Å²) >= 11 is 7.14. The van der Waals surface area contributed by atoms with Crippen molar-refractivity contribution >= 4 is 40.9 Å². The molecule has 1 aliphatic heterocycles. The summed E-state index contributed by atoms with van der Waals surface area (Å²) in [6.45, 7) is 0.272. The smallest absolute Gasteiger partial charge is 0.351 e. The number of thioether (sulfide) groups is 1. The van der Waals surface area contributed by atoms with E-state index in [1.807, 2.05) is 36.4 Å². The lowest BCUT2D eigenvalue weighted by atomic mass is 10.0. The number of para-hydroxylation sites is 1. The monoisotopic (exact) mass is 555 g/mol. The van der Waals surface area contributed by atoms with Crippen LogP contribution < -0.4 is 10.2 Å². The number of halogens is 4. The van der Waals surface area contributed by atoms with E-state index in [1.54, 1.807) is 30.3 Å². The summed E-state index contributed by atoms with van der Waals surface area (Å²) in [6.07, 6.45) is -4.14. The third-order valence-electron chi connectivity index (χ3n) is 5.84. The number of alkyl halides is 3. The van der Waals surface area contributed by atoms with Gasteiger partial charge in [0.1, 0.15) is 16.7 Å². The molecule has 1 N–H and O–H groups in total. The van der Waals surface area contributed by atoms with Crippen LogP contribution in [-0.4, -0.2) is 23.6 Å². The number of amides is 2. The highest BCUT2D eigenvalue weighted by Crippen LogP contribution is 2.43. The molecule has 3 aromatic rings. The fourth-order valence-electron chi connectivity index (χ4n) is 3.96. The van der Waals surface area contributed by atoms with Crippen molar-refractivity contribution in [3.05, 3.63) is 111 Å². The molecule has 1 atom stereocenters. The first-order chi connectivity index (χ1) is 18.2. The summed E-state index contributed by atoms with van der Waals surface area (Å²) in [5.74, 6) is -1.10. The van der Waals surface area contributed by atoms with Crippen LogP contribution in [0.4, 0.5) is 18.9 Å². The van der Waals surface area contributed by atoms with Gasteiger partial charge in [0.15, 0.2) is 0 Å². The summed E-state index contributed by atoms with van der Waals surface area (Å²) in [5.41, 5.74) is 0.458. The van der Waals surface area contributed by atoms with Gasteiger partial charge in [0.2, 0.25) is 5.91 Å². The second-order valence-corrected chi connectivity index (χ2v) is 10.0. The molecule has 0 radical (unpaired) electrons. The molecule has 38 heavy (non-hydrogen) atoms. The molecule has 1 saturated heterocycles. The molecule has 0 aliphatic carbocycles. The number of rotatable bonds is 7. The topological polar surface area (TPSA) is 73.2 Å². The maximum Gasteiger partial charge on any atom is 0.416 e. The van der Waals surface area contributed by atoms with Gasteiger partial charge in [0.25, 0.3) is 5.91 Å². The number of nitrogens with zero attached hydrogens (tertiary/aromatic N) is 2. The van der Waals surface area contributed by atoms with E-state index in [1.165, 1.54) is 4.90 Å². The molecule has 194 valence electrons. The van der Waals surface area contributed by atoms with Crippen LogP contribution in [0.1, 0.15) is 16.7 Å². The second-order valence-electron chi connectivity index (χ2n) is 8.41. The molecule has 0 spiro atoms. The molecular formula is C28H21ClF3N3O2S. The van der Waals surface area contributed by atoms with Gasteiger partial charge in [-0.05, 0) is 54.3 Å². The van der Waals surface area contributed by atoms with E-state index >= 15 is 0 Å². The summed E-state index contributed by atoms with van der Waals surface area (Å²) in [4.78, 5) is 27.8. The van der Waals surface area contributed by atoms with E-state index in [0.29, 0.717) is 12.1 Å². The quantitative estimate of drug-likeness (QED) is 0.281. The maximum atomic E-state index is 13.5. The third kappa shape index (κ3) is 6.21. The Morgan fingerprint density at radius 3 is 2.34 bits per heavy atom. The van der Waals surface area contributed by atoms with Gasteiger partial charge in [-0.25, -0.2) is 0 Å². The number of hydrogen-bond donors (Lipinski definition) is 1. The van der Waals surface area contributed by atoms with Crippen LogP contribution in [0.15, 0.2) is 89.5 Å². The molecule has 0 unspecified atom stereocenters. The fourth-order valence-corrected chi connectivity index (χ4v) is 5.45. The highest BCUT2D eigenvalue weighted by atomic mass is 35.5. The normalized spacial score (nSPS) is 16.8. The summed E-state index contributed by atoms with van der Waals surface area (Å²) in [7, 11) is 0. The predicted octanol–water partition coefficient (Wildman–Crippen LogP) is 6.14. The molecule has 3 aromatic carbocycles. The number of benzene rings is 3. The van der Waals surface area contributed by atoms with Crippen molar-refractivity contribution in [3.8, 4) is 6.07 Å². The molecule has 2 amide bonds. The zero-order valence-corrected chi connectivity index (χ0v) is 21.4. The van der Waals surface area contributed by atoms with Crippen molar-refractivity contribution in [2.75, 3.05) is 11.4 Å². The standard InChI is InChI=1S/C28H21ClF3N3O2S/c29-23-12-11-20(28(30,31)32)15-19(23)16-24-26(37)35(21-9-5-2-6-10-21)27(38-24)22(17-33)25(36)34-14-13-18-7-3-1-4-8-18/h1-12,15,24H,13-14,16H2,(H,34,36)/b27-22-/t24-/m0/s1. The number of nitriles is 1. The Morgan fingerprint density at radius 1 is 1.05 bits per heavy atom. The highest BCUT2D eigenvalue weighted by molar-refractivity contribution is 8.05. The molecule has 4 rings (SSSR count). The number of carbonyl (C=O) groups excluding carboxylic acids is 2. The van der Waals surface area contributed by atoms with Crippen LogP contribution in [0.5, 0.6) is 0 Å². The highest BCUT2D eigenvalue weighted by Gasteiger charge is 2.41.